The summed E-state index contributed by atoms with van der Waals surface area (Å²) in [6.07, 6.45) is 2.54. The summed E-state index contributed by atoms with van der Waals surface area (Å²) in [7, 11) is -0.615. The van der Waals surface area contributed by atoms with E-state index in [2.05, 4.69) is 62.4 Å². The van der Waals surface area contributed by atoms with E-state index < -0.39 is 7.92 Å². The highest BCUT2D eigenvalue weighted by Crippen LogP contribution is 2.42. The average molecular weight is 309 g/mol. The van der Waals surface area contributed by atoms with E-state index in [0.717, 1.165) is 12.8 Å². The highest BCUT2D eigenvalue weighted by Gasteiger charge is 2.28. The molecular formula is C19H23BOP. The van der Waals surface area contributed by atoms with Crippen LogP contribution < -0.4 is 10.6 Å². The zero-order valence-corrected chi connectivity index (χ0v) is 14.3. The normalized spacial score (nSPS) is 11.8. The predicted molar refractivity (Wildman–Crippen MR) is 98.8 cm³/mol. The van der Waals surface area contributed by atoms with Gasteiger partial charge in [0.2, 0.25) is 0 Å². The molecule has 1 nitrogen and oxygen atoms in total. The van der Waals surface area contributed by atoms with E-state index in [-0.39, 0.29) is 14.1 Å². The highest BCUT2D eigenvalue weighted by molar-refractivity contribution is 7.74. The van der Waals surface area contributed by atoms with Crippen LogP contribution in [0.1, 0.15) is 33.1 Å². The van der Waals surface area contributed by atoms with E-state index in [0.29, 0.717) is 12.2 Å². The third-order valence-corrected chi connectivity index (χ3v) is 6.62. The molecule has 0 aromatic heterocycles. The molecule has 0 aliphatic carbocycles. The molecule has 0 aliphatic heterocycles. The molecule has 113 valence electrons. The van der Waals surface area contributed by atoms with E-state index in [1.807, 2.05) is 12.1 Å². The van der Waals surface area contributed by atoms with Crippen LogP contribution in [0.3, 0.4) is 0 Å². The molecule has 0 aliphatic rings. The van der Waals surface area contributed by atoms with Crippen LogP contribution in [0.25, 0.3) is 0 Å². The Hall–Kier alpha value is -1.40. The molecule has 0 fully saturated rings. The van der Waals surface area contributed by atoms with Gasteiger partial charge in [0.15, 0.2) is 0 Å². The van der Waals surface area contributed by atoms with Gasteiger partial charge in [-0.25, -0.2) is 0 Å². The predicted octanol–water partition coefficient (Wildman–Crippen LogP) is 3.89. The fraction of sp³-hybridized carbons (Fsp3) is 0.316. The van der Waals surface area contributed by atoms with Crippen molar-refractivity contribution in [3.8, 4) is 0 Å². The number of hydrogen-bond acceptors (Lipinski definition) is 1. The molecule has 0 saturated carbocycles. The maximum absolute atomic E-state index is 12.6. The van der Waals surface area contributed by atoms with E-state index in [1.54, 1.807) is 0 Å². The van der Waals surface area contributed by atoms with E-state index in [1.165, 1.54) is 10.6 Å². The fourth-order valence-corrected chi connectivity index (χ4v) is 5.44. The number of rotatable bonds is 7. The molecule has 22 heavy (non-hydrogen) atoms. The minimum atomic E-state index is -0.615. The second-order valence-corrected chi connectivity index (χ2v) is 7.58. The average Bonchev–Trinajstić information content (AvgIpc) is 2.54. The van der Waals surface area contributed by atoms with Gasteiger partial charge in [-0.1, -0.05) is 74.5 Å². The minimum Gasteiger partial charge on any atom is -0.299 e. The molecule has 0 N–H and O–H groups in total. The molecule has 2 aromatic rings. The number of ketones is 1. The third-order valence-electron chi connectivity index (χ3n) is 3.64. The fourth-order valence-electron chi connectivity index (χ4n) is 2.65. The standard InChI is InChI=1S/C19H23OP.B/c1-3-11-18(20)19(4-2)21(16-12-7-5-8-13-16)17-14-9-6-10-15-17;/h5-10,12-15,19H,3-4,11H2,1-2H3;/t19-;/m0./s1. The number of hydrogen-bond donors (Lipinski definition) is 0. The molecule has 2 rings (SSSR count). The van der Waals surface area contributed by atoms with Crippen molar-refractivity contribution < 1.29 is 4.79 Å². The maximum atomic E-state index is 12.6. The van der Waals surface area contributed by atoms with Gasteiger partial charge in [-0.3, -0.25) is 4.79 Å². The zero-order valence-electron chi connectivity index (χ0n) is 13.4. The smallest absolute Gasteiger partial charge is 0.140 e. The van der Waals surface area contributed by atoms with Crippen LogP contribution >= 0.6 is 7.92 Å². The Labute approximate surface area is 137 Å². The van der Waals surface area contributed by atoms with Gasteiger partial charge in [0.05, 0.1) is 0 Å². The summed E-state index contributed by atoms with van der Waals surface area (Å²) >= 11 is 0. The van der Waals surface area contributed by atoms with Gasteiger partial charge in [-0.15, -0.1) is 0 Å². The van der Waals surface area contributed by atoms with Gasteiger partial charge in [0.1, 0.15) is 5.78 Å². The number of carbonyl (C=O) groups excluding carboxylic acids is 1. The molecule has 0 heterocycles. The Morgan fingerprint density at radius 1 is 0.909 bits per heavy atom. The second kappa shape index (κ2) is 9.59. The first kappa shape index (κ1) is 18.7. The van der Waals surface area contributed by atoms with E-state index in [4.69, 9.17) is 0 Å². The lowest BCUT2D eigenvalue weighted by molar-refractivity contribution is -0.118. The number of carbonyl (C=O) groups is 1. The largest absolute Gasteiger partial charge is 0.299 e. The first-order chi connectivity index (χ1) is 10.3. The zero-order chi connectivity index (χ0) is 15.1. The van der Waals surface area contributed by atoms with E-state index in [9.17, 15) is 4.79 Å². The van der Waals surface area contributed by atoms with Gasteiger partial charge < -0.3 is 0 Å². The molecule has 3 radical (unpaired) electrons. The SMILES string of the molecule is CCCC(=O)[C@H](CC)P(c1ccccc1)c1ccccc1.[B]. The molecule has 3 heteroatoms. The molecule has 2 aromatic carbocycles. The van der Waals surface area contributed by atoms with Crippen LogP contribution in [0.15, 0.2) is 60.7 Å². The Balaban J connectivity index is 0.00000242. The molecule has 0 amide bonds. The highest BCUT2D eigenvalue weighted by atomic mass is 31.1. The van der Waals surface area contributed by atoms with Crippen molar-refractivity contribution in [2.75, 3.05) is 0 Å². The van der Waals surface area contributed by atoms with Crippen LogP contribution in [0.5, 0.6) is 0 Å². The first-order valence-electron chi connectivity index (χ1n) is 7.70. The van der Waals surface area contributed by atoms with Crippen molar-refractivity contribution in [1.82, 2.24) is 0 Å². The van der Waals surface area contributed by atoms with Crippen molar-refractivity contribution in [1.29, 1.82) is 0 Å². The molecule has 0 saturated heterocycles. The Morgan fingerprint density at radius 3 is 1.73 bits per heavy atom. The Kier molecular flexibility index (Phi) is 8.13. The van der Waals surface area contributed by atoms with Gasteiger partial charge in [0.25, 0.3) is 0 Å². The minimum absolute atomic E-state index is 0. The summed E-state index contributed by atoms with van der Waals surface area (Å²) in [5.41, 5.74) is 0.129. The maximum Gasteiger partial charge on any atom is 0.140 e. The summed E-state index contributed by atoms with van der Waals surface area (Å²) in [6.45, 7) is 4.22. The summed E-state index contributed by atoms with van der Waals surface area (Å²) in [5.74, 6) is 0.416. The topological polar surface area (TPSA) is 17.1 Å². The van der Waals surface area contributed by atoms with Crippen LogP contribution in [-0.4, -0.2) is 19.9 Å². The van der Waals surface area contributed by atoms with Gasteiger partial charge >= 0.3 is 0 Å². The van der Waals surface area contributed by atoms with E-state index >= 15 is 0 Å². The summed E-state index contributed by atoms with van der Waals surface area (Å²) in [5, 5.41) is 2.60. The lowest BCUT2D eigenvalue weighted by Gasteiger charge is -2.26. The van der Waals surface area contributed by atoms with Crippen LogP contribution in [0.2, 0.25) is 0 Å². The summed E-state index contributed by atoms with van der Waals surface area (Å²) in [4.78, 5) is 12.6. The molecule has 0 bridgehead atoms. The number of Topliss-reactive ketones (excluding diaryl/α,β-unsaturated/α-hetero) is 1. The second-order valence-electron chi connectivity index (χ2n) is 5.18. The van der Waals surface area contributed by atoms with Crippen molar-refractivity contribution in [3.63, 3.8) is 0 Å². The molecular weight excluding hydrogens is 286 g/mol. The quantitative estimate of drug-likeness (QED) is 0.560. The van der Waals surface area contributed by atoms with Crippen molar-refractivity contribution >= 4 is 32.7 Å². The molecule has 1 atom stereocenters. The number of benzene rings is 2. The van der Waals surface area contributed by atoms with Crippen LogP contribution in [0, 0.1) is 0 Å². The molecule has 0 spiro atoms. The van der Waals surface area contributed by atoms with Crippen LogP contribution in [0.4, 0.5) is 0 Å². The van der Waals surface area contributed by atoms with Gasteiger partial charge in [0, 0.05) is 20.5 Å². The lowest BCUT2D eigenvalue weighted by Crippen LogP contribution is -2.27. The monoisotopic (exact) mass is 309 g/mol. The Morgan fingerprint density at radius 2 is 1.36 bits per heavy atom. The van der Waals surface area contributed by atoms with Gasteiger partial charge in [-0.2, -0.15) is 0 Å². The van der Waals surface area contributed by atoms with Crippen LogP contribution in [-0.2, 0) is 4.79 Å². The van der Waals surface area contributed by atoms with Gasteiger partial charge in [-0.05, 0) is 31.4 Å². The molecule has 0 unspecified atom stereocenters. The third kappa shape index (κ3) is 4.55. The summed E-state index contributed by atoms with van der Waals surface area (Å²) in [6, 6.07) is 21.0. The summed E-state index contributed by atoms with van der Waals surface area (Å²) < 4.78 is 0. The first-order valence-corrected chi connectivity index (χ1v) is 9.11. The van der Waals surface area contributed by atoms with Crippen molar-refractivity contribution in [2.45, 2.75) is 38.8 Å². The van der Waals surface area contributed by atoms with Crippen molar-refractivity contribution in [2.24, 2.45) is 0 Å². The lowest BCUT2D eigenvalue weighted by atomic mass is 10.1. The van der Waals surface area contributed by atoms with Crippen molar-refractivity contribution in [3.05, 3.63) is 60.7 Å². The Bertz CT molecular complexity index is 517.